The van der Waals surface area contributed by atoms with Crippen LogP contribution in [-0.4, -0.2) is 17.9 Å². The Morgan fingerprint density at radius 1 is 1.26 bits per heavy atom. The van der Waals surface area contributed by atoms with Crippen LogP contribution in [0.5, 0.6) is 11.5 Å². The monoisotopic (exact) mass is 378 g/mol. The average molecular weight is 379 g/mol. The number of hydrogen-bond donors (Lipinski definition) is 1. The summed E-state index contributed by atoms with van der Waals surface area (Å²) in [4.78, 5) is 15.7. The van der Waals surface area contributed by atoms with E-state index < -0.39 is 0 Å². The van der Waals surface area contributed by atoms with Crippen LogP contribution >= 0.6 is 15.9 Å². The number of nitroso groups, excluding NO2 is 1. The molecule has 0 aliphatic heterocycles. The summed E-state index contributed by atoms with van der Waals surface area (Å²) in [6.45, 7) is 2.03. The van der Waals surface area contributed by atoms with E-state index in [2.05, 4.69) is 26.3 Å². The quantitative estimate of drug-likeness (QED) is 0.455. The van der Waals surface area contributed by atoms with Gasteiger partial charge in [-0.3, -0.25) is 0 Å². The first-order chi connectivity index (χ1) is 11.0. The van der Waals surface area contributed by atoms with Gasteiger partial charge in [-0.1, -0.05) is 17.3 Å². The van der Waals surface area contributed by atoms with Crippen molar-refractivity contribution in [1.82, 2.24) is 0 Å². The number of aromatic hydroxyl groups is 1. The predicted octanol–water partition coefficient (Wildman–Crippen LogP) is 4.50. The van der Waals surface area contributed by atoms with Crippen molar-refractivity contribution in [3.8, 4) is 11.5 Å². The Labute approximate surface area is 141 Å². The van der Waals surface area contributed by atoms with Gasteiger partial charge in [0.05, 0.1) is 12.8 Å². The first-order valence-corrected chi connectivity index (χ1v) is 7.50. The number of oxime groups is 1. The van der Waals surface area contributed by atoms with E-state index in [1.54, 1.807) is 43.3 Å². The lowest BCUT2D eigenvalue weighted by Gasteiger charge is -2.09. The normalized spacial score (nSPS) is 11.2. The summed E-state index contributed by atoms with van der Waals surface area (Å²) in [5.74, 6) is 0.399. The standard InChI is InChI=1S/C16H15BrN2O4/c1-10(13-7-15(20)16(22-2)8-14(13)17)19-23-9-11-3-5-12(18-21)6-4-11/h3-8,20H,9H2,1-2H3/b19-10+. The molecule has 7 heteroatoms. The molecule has 0 spiro atoms. The minimum absolute atomic E-state index is 0.0252. The van der Waals surface area contributed by atoms with Gasteiger partial charge < -0.3 is 14.7 Å². The van der Waals surface area contributed by atoms with Crippen LogP contribution in [-0.2, 0) is 11.4 Å². The number of hydrogen-bond acceptors (Lipinski definition) is 6. The molecule has 1 N–H and O–H groups in total. The van der Waals surface area contributed by atoms with Gasteiger partial charge in [-0.15, -0.1) is 4.91 Å². The molecule has 0 heterocycles. The van der Waals surface area contributed by atoms with Crippen molar-refractivity contribution in [2.24, 2.45) is 10.3 Å². The molecule has 0 aliphatic rings. The van der Waals surface area contributed by atoms with Gasteiger partial charge in [0.2, 0.25) is 0 Å². The summed E-state index contributed by atoms with van der Waals surface area (Å²) in [6.07, 6.45) is 0. The molecule has 0 aromatic heterocycles. The zero-order chi connectivity index (χ0) is 16.8. The maximum absolute atomic E-state index is 10.3. The Morgan fingerprint density at radius 3 is 2.57 bits per heavy atom. The van der Waals surface area contributed by atoms with E-state index in [4.69, 9.17) is 9.57 Å². The molecule has 0 aliphatic carbocycles. The molecule has 0 saturated carbocycles. The molecule has 23 heavy (non-hydrogen) atoms. The second-order valence-electron chi connectivity index (χ2n) is 4.71. The SMILES string of the molecule is COc1cc(Br)c(/C(C)=N/OCc2ccc(N=O)cc2)cc1O. The van der Waals surface area contributed by atoms with Crippen LogP contribution in [0.25, 0.3) is 0 Å². The third-order valence-corrected chi connectivity index (χ3v) is 3.79. The van der Waals surface area contributed by atoms with E-state index in [1.165, 1.54) is 7.11 Å². The first-order valence-electron chi connectivity index (χ1n) is 6.71. The molecule has 0 amide bonds. The van der Waals surface area contributed by atoms with Crippen LogP contribution in [0.2, 0.25) is 0 Å². The van der Waals surface area contributed by atoms with E-state index in [9.17, 15) is 10.0 Å². The fourth-order valence-corrected chi connectivity index (χ4v) is 2.50. The summed E-state index contributed by atoms with van der Waals surface area (Å²) in [6, 6.07) is 9.93. The molecule has 0 fully saturated rings. The van der Waals surface area contributed by atoms with Crippen molar-refractivity contribution in [2.75, 3.05) is 7.11 Å². The molecule has 120 valence electrons. The molecule has 0 radical (unpaired) electrons. The van der Waals surface area contributed by atoms with Crippen molar-refractivity contribution in [3.63, 3.8) is 0 Å². The maximum Gasteiger partial charge on any atom is 0.161 e. The van der Waals surface area contributed by atoms with E-state index in [0.717, 1.165) is 10.0 Å². The highest BCUT2D eigenvalue weighted by atomic mass is 79.9. The fraction of sp³-hybridized carbons (Fsp3) is 0.188. The number of ether oxygens (including phenoxy) is 1. The number of methoxy groups -OCH3 is 1. The number of phenols is 1. The smallest absolute Gasteiger partial charge is 0.161 e. The molecule has 6 nitrogen and oxygen atoms in total. The van der Waals surface area contributed by atoms with Crippen molar-refractivity contribution < 1.29 is 14.7 Å². The molecule has 2 aromatic carbocycles. The van der Waals surface area contributed by atoms with Crippen LogP contribution in [0.3, 0.4) is 0 Å². The van der Waals surface area contributed by atoms with Gasteiger partial charge in [0, 0.05) is 10.0 Å². The largest absolute Gasteiger partial charge is 0.504 e. The average Bonchev–Trinajstić information content (AvgIpc) is 2.57. The van der Waals surface area contributed by atoms with Crippen LogP contribution in [0.1, 0.15) is 18.1 Å². The van der Waals surface area contributed by atoms with Crippen molar-refractivity contribution in [1.29, 1.82) is 0 Å². The summed E-state index contributed by atoms with van der Waals surface area (Å²) >= 11 is 3.41. The number of benzene rings is 2. The zero-order valence-electron chi connectivity index (χ0n) is 12.6. The van der Waals surface area contributed by atoms with E-state index in [-0.39, 0.29) is 12.4 Å². The number of halogens is 1. The Balaban J connectivity index is 2.07. The van der Waals surface area contributed by atoms with Crippen LogP contribution in [0.4, 0.5) is 5.69 Å². The van der Waals surface area contributed by atoms with Crippen LogP contribution in [0, 0.1) is 4.91 Å². The van der Waals surface area contributed by atoms with Crippen molar-refractivity contribution in [2.45, 2.75) is 13.5 Å². The van der Waals surface area contributed by atoms with E-state index in [0.29, 0.717) is 22.7 Å². The Hall–Kier alpha value is -2.41. The molecule has 0 unspecified atom stereocenters. The topological polar surface area (TPSA) is 80.5 Å². The highest BCUT2D eigenvalue weighted by Gasteiger charge is 2.10. The van der Waals surface area contributed by atoms with Crippen molar-refractivity contribution >= 4 is 27.3 Å². The molecule has 0 saturated heterocycles. The van der Waals surface area contributed by atoms with Crippen LogP contribution in [0.15, 0.2) is 51.2 Å². The Kier molecular flexibility index (Phi) is 5.70. The molecule has 2 rings (SSSR count). The highest BCUT2D eigenvalue weighted by molar-refractivity contribution is 9.10. The maximum atomic E-state index is 10.3. The van der Waals surface area contributed by atoms with Gasteiger partial charge in [-0.05, 0) is 57.9 Å². The minimum Gasteiger partial charge on any atom is -0.504 e. The summed E-state index contributed by atoms with van der Waals surface area (Å²) < 4.78 is 5.77. The summed E-state index contributed by atoms with van der Waals surface area (Å²) in [5.41, 5.74) is 2.53. The number of rotatable bonds is 6. The minimum atomic E-state index is 0.0252. The molecular formula is C16H15BrN2O4. The van der Waals surface area contributed by atoms with Crippen molar-refractivity contribution in [3.05, 3.63) is 56.9 Å². The third kappa shape index (κ3) is 4.29. The van der Waals surface area contributed by atoms with Gasteiger partial charge in [0.25, 0.3) is 0 Å². The summed E-state index contributed by atoms with van der Waals surface area (Å²) in [7, 11) is 1.48. The number of phenolic OH excluding ortho intramolecular Hbond substituents is 1. The lowest BCUT2D eigenvalue weighted by atomic mass is 10.1. The molecule has 2 aromatic rings. The zero-order valence-corrected chi connectivity index (χ0v) is 14.2. The Morgan fingerprint density at radius 2 is 1.96 bits per heavy atom. The molecular weight excluding hydrogens is 364 g/mol. The predicted molar refractivity (Wildman–Crippen MR) is 91.3 cm³/mol. The third-order valence-electron chi connectivity index (χ3n) is 3.13. The fourth-order valence-electron chi connectivity index (χ4n) is 1.89. The molecule has 0 atom stereocenters. The van der Waals surface area contributed by atoms with Gasteiger partial charge in [-0.2, -0.15) is 0 Å². The lowest BCUT2D eigenvalue weighted by Crippen LogP contribution is -1.99. The van der Waals surface area contributed by atoms with Gasteiger partial charge in [0.15, 0.2) is 11.5 Å². The summed E-state index contributed by atoms with van der Waals surface area (Å²) in [5, 5.41) is 16.7. The second kappa shape index (κ2) is 7.73. The van der Waals surface area contributed by atoms with Crippen LogP contribution < -0.4 is 4.74 Å². The van der Waals surface area contributed by atoms with Gasteiger partial charge >= 0.3 is 0 Å². The Bertz CT molecular complexity index is 730. The molecule has 0 bridgehead atoms. The van der Waals surface area contributed by atoms with Gasteiger partial charge in [-0.25, -0.2) is 0 Å². The highest BCUT2D eigenvalue weighted by Crippen LogP contribution is 2.32. The van der Waals surface area contributed by atoms with Gasteiger partial charge in [0.1, 0.15) is 12.3 Å². The van der Waals surface area contributed by atoms with E-state index in [1.807, 2.05) is 0 Å². The van der Waals surface area contributed by atoms with E-state index >= 15 is 0 Å². The first kappa shape index (κ1) is 17.0. The lowest BCUT2D eigenvalue weighted by molar-refractivity contribution is 0.130. The number of nitrogens with zero attached hydrogens (tertiary/aromatic N) is 2. The second-order valence-corrected chi connectivity index (χ2v) is 5.57.